The van der Waals surface area contributed by atoms with Gasteiger partial charge in [0.15, 0.2) is 5.65 Å². The van der Waals surface area contributed by atoms with Crippen LogP contribution in [0.4, 0.5) is 5.82 Å². The molecule has 176 valence electrons. The third kappa shape index (κ3) is 4.70. The number of oxime groups is 1. The molecule has 12 heteroatoms. The van der Waals surface area contributed by atoms with Crippen LogP contribution in [0.2, 0.25) is 0 Å². The van der Waals surface area contributed by atoms with Gasteiger partial charge in [0.25, 0.3) is 0 Å². The molecule has 3 N–H and O–H groups in total. The minimum atomic E-state index is -0.261. The molecule has 1 atom stereocenters. The number of aryl methyl sites for hydroxylation is 1. The largest absolute Gasteiger partial charge is 0.410 e. The second-order valence-electron chi connectivity index (χ2n) is 9.34. The van der Waals surface area contributed by atoms with E-state index in [-0.39, 0.29) is 18.1 Å². The summed E-state index contributed by atoms with van der Waals surface area (Å²) in [5.74, 6) is 1.54. The number of rotatable bonds is 7. The fourth-order valence-electron chi connectivity index (χ4n) is 3.61. The lowest BCUT2D eigenvalue weighted by atomic mass is 9.95. The SMILES string of the molecule is C/C(=N/O)C(=[NH2+])Cn1ncc2c(N3CC[C@H](OCc4nonc4C)C3)nc(C(C)(C)C)nc21. The Balaban J connectivity index is 1.61. The molecule has 33 heavy (non-hydrogen) atoms. The maximum atomic E-state index is 9.03. The third-order valence-electron chi connectivity index (χ3n) is 5.73. The number of hydrogen-bond acceptors (Lipinski definition) is 10. The molecule has 3 aromatic heterocycles. The summed E-state index contributed by atoms with van der Waals surface area (Å²) in [5.41, 5.74) is 2.63. The third-order valence-corrected chi connectivity index (χ3v) is 5.73. The van der Waals surface area contributed by atoms with Gasteiger partial charge in [0.2, 0.25) is 5.71 Å². The van der Waals surface area contributed by atoms with Crippen molar-refractivity contribution < 1.29 is 20.0 Å². The van der Waals surface area contributed by atoms with Gasteiger partial charge in [0.1, 0.15) is 35.3 Å². The maximum Gasteiger partial charge on any atom is 0.219 e. The molecule has 4 heterocycles. The van der Waals surface area contributed by atoms with Gasteiger partial charge < -0.3 is 14.8 Å². The van der Waals surface area contributed by atoms with Crippen LogP contribution in [0.25, 0.3) is 11.0 Å². The topological polar surface area (TPSA) is 153 Å². The highest BCUT2D eigenvalue weighted by atomic mass is 16.6. The van der Waals surface area contributed by atoms with E-state index in [2.05, 4.69) is 46.2 Å². The van der Waals surface area contributed by atoms with E-state index in [9.17, 15) is 0 Å². The van der Waals surface area contributed by atoms with Crippen molar-refractivity contribution in [2.45, 2.75) is 65.7 Å². The highest BCUT2D eigenvalue weighted by Crippen LogP contribution is 2.31. The molecule has 0 unspecified atom stereocenters. The molecule has 1 aliphatic heterocycles. The second-order valence-corrected chi connectivity index (χ2v) is 9.34. The predicted molar refractivity (Wildman–Crippen MR) is 120 cm³/mol. The van der Waals surface area contributed by atoms with Crippen LogP contribution < -0.4 is 10.3 Å². The smallest absolute Gasteiger partial charge is 0.219 e. The molecule has 0 spiro atoms. The van der Waals surface area contributed by atoms with E-state index < -0.39 is 0 Å². The van der Waals surface area contributed by atoms with E-state index in [1.54, 1.807) is 17.8 Å². The molecule has 4 rings (SSSR count). The van der Waals surface area contributed by atoms with Crippen molar-refractivity contribution in [3.63, 3.8) is 0 Å². The zero-order valence-electron chi connectivity index (χ0n) is 19.6. The van der Waals surface area contributed by atoms with Crippen LogP contribution in [-0.4, -0.2) is 65.9 Å². The van der Waals surface area contributed by atoms with Crippen LogP contribution in [0.15, 0.2) is 16.0 Å². The summed E-state index contributed by atoms with van der Waals surface area (Å²) in [7, 11) is 0. The number of hydrogen-bond donors (Lipinski definition) is 2. The van der Waals surface area contributed by atoms with Crippen LogP contribution in [0.1, 0.15) is 51.3 Å². The van der Waals surface area contributed by atoms with Crippen LogP contribution in [0.5, 0.6) is 0 Å². The number of fused-ring (bicyclic) bond motifs is 1. The van der Waals surface area contributed by atoms with Gasteiger partial charge in [-0.3, -0.25) is 5.41 Å². The summed E-state index contributed by atoms with van der Waals surface area (Å²) in [6.45, 7) is 11.8. The molecule has 12 nitrogen and oxygen atoms in total. The van der Waals surface area contributed by atoms with Crippen molar-refractivity contribution in [1.29, 1.82) is 0 Å². The summed E-state index contributed by atoms with van der Waals surface area (Å²) < 4.78 is 12.5. The van der Waals surface area contributed by atoms with Crippen LogP contribution in [0, 0.1) is 6.92 Å². The Labute approximate surface area is 191 Å². The number of anilines is 1. The van der Waals surface area contributed by atoms with E-state index in [0.29, 0.717) is 41.7 Å². The quantitative estimate of drug-likeness (QED) is 0.296. The lowest BCUT2D eigenvalue weighted by Crippen LogP contribution is -2.46. The first-order valence-electron chi connectivity index (χ1n) is 10.9. The van der Waals surface area contributed by atoms with Crippen molar-refractivity contribution >= 4 is 28.3 Å². The standard InChI is InChI=1S/C21H29N9O3/c1-12(26-31)16(22)10-30-19-15(8-23-30)18(24-20(25-19)21(3,4)5)29-7-6-14(9-29)32-11-17-13(2)27-33-28-17/h8,14,22,31H,6-7,9-11H2,1-5H3/p+1/b22-16?,26-12-/t14-/m0/s1. The van der Waals surface area contributed by atoms with Gasteiger partial charge in [-0.15, -0.1) is 0 Å². The summed E-state index contributed by atoms with van der Waals surface area (Å²) in [5, 5.41) is 31.3. The highest BCUT2D eigenvalue weighted by molar-refractivity contribution is 6.38. The maximum absolute atomic E-state index is 9.03. The number of ether oxygens (including phenoxy) is 1. The molecule has 0 aromatic carbocycles. The summed E-state index contributed by atoms with van der Waals surface area (Å²) in [6.07, 6.45) is 2.66. The Morgan fingerprint density at radius 3 is 2.79 bits per heavy atom. The zero-order chi connectivity index (χ0) is 23.8. The predicted octanol–water partition coefficient (Wildman–Crippen LogP) is 0.661. The lowest BCUT2D eigenvalue weighted by molar-refractivity contribution is -0.113. The van der Waals surface area contributed by atoms with E-state index in [0.717, 1.165) is 29.9 Å². The molecule has 0 radical (unpaired) electrons. The van der Waals surface area contributed by atoms with Crippen LogP contribution >= 0.6 is 0 Å². The van der Waals surface area contributed by atoms with Gasteiger partial charge in [-0.25, -0.2) is 19.3 Å². The van der Waals surface area contributed by atoms with Gasteiger partial charge in [-0.2, -0.15) is 5.10 Å². The monoisotopic (exact) mass is 456 g/mol. The number of aromatic nitrogens is 6. The molecule has 1 saturated heterocycles. The summed E-state index contributed by atoms with van der Waals surface area (Å²) in [4.78, 5) is 11.9. The van der Waals surface area contributed by atoms with Gasteiger partial charge in [0, 0.05) is 18.5 Å². The Kier molecular flexibility index (Phi) is 6.11. The van der Waals surface area contributed by atoms with Gasteiger partial charge in [0.05, 0.1) is 24.3 Å². The average molecular weight is 457 g/mol. The van der Waals surface area contributed by atoms with Crippen molar-refractivity contribution in [2.24, 2.45) is 5.16 Å². The Bertz CT molecular complexity index is 1190. The van der Waals surface area contributed by atoms with Crippen LogP contribution in [0.3, 0.4) is 0 Å². The fraction of sp³-hybridized carbons (Fsp3) is 0.571. The highest BCUT2D eigenvalue weighted by Gasteiger charge is 2.30. The van der Waals surface area contributed by atoms with Crippen molar-refractivity contribution in [3.8, 4) is 0 Å². The Morgan fingerprint density at radius 2 is 2.12 bits per heavy atom. The molecular weight excluding hydrogens is 426 g/mol. The molecule has 0 saturated carbocycles. The van der Waals surface area contributed by atoms with Gasteiger partial charge in [-0.05, 0) is 20.3 Å². The van der Waals surface area contributed by atoms with E-state index in [4.69, 9.17) is 30.0 Å². The van der Waals surface area contributed by atoms with Gasteiger partial charge in [-0.1, -0.05) is 36.2 Å². The Hall–Kier alpha value is -3.41. The molecular formula is C21H30N9O3+. The first kappa shape index (κ1) is 22.8. The zero-order valence-corrected chi connectivity index (χ0v) is 19.6. The number of nitrogens with two attached hydrogens (primary N) is 1. The Morgan fingerprint density at radius 1 is 1.33 bits per heavy atom. The average Bonchev–Trinajstić information content (AvgIpc) is 3.50. The number of nitrogens with zero attached hydrogens (tertiary/aromatic N) is 8. The van der Waals surface area contributed by atoms with E-state index >= 15 is 0 Å². The summed E-state index contributed by atoms with van der Waals surface area (Å²) in [6, 6.07) is 0. The molecule has 3 aromatic rings. The molecule has 0 aliphatic carbocycles. The van der Waals surface area contributed by atoms with Crippen molar-refractivity contribution in [2.75, 3.05) is 18.0 Å². The molecule has 0 bridgehead atoms. The molecule has 0 amide bonds. The van der Waals surface area contributed by atoms with Crippen LogP contribution in [-0.2, 0) is 23.3 Å². The van der Waals surface area contributed by atoms with Crippen molar-refractivity contribution in [3.05, 3.63) is 23.4 Å². The minimum absolute atomic E-state index is 0.0339. The van der Waals surface area contributed by atoms with E-state index in [1.165, 1.54) is 0 Å². The normalized spacial score (nSPS) is 17.3. The lowest BCUT2D eigenvalue weighted by Gasteiger charge is -2.23. The molecule has 1 fully saturated rings. The minimum Gasteiger partial charge on any atom is -0.410 e. The fourth-order valence-corrected chi connectivity index (χ4v) is 3.61. The van der Waals surface area contributed by atoms with E-state index in [1.807, 2.05) is 6.92 Å². The first-order valence-corrected chi connectivity index (χ1v) is 10.9. The molecule has 1 aliphatic rings. The van der Waals surface area contributed by atoms with Crippen molar-refractivity contribution in [1.82, 2.24) is 30.1 Å². The van der Waals surface area contributed by atoms with Gasteiger partial charge >= 0.3 is 0 Å². The first-order chi connectivity index (χ1) is 15.7. The summed E-state index contributed by atoms with van der Waals surface area (Å²) >= 11 is 0. The second kappa shape index (κ2) is 8.85.